The third kappa shape index (κ3) is 4.84. The van der Waals surface area contributed by atoms with Gasteiger partial charge < -0.3 is 15.0 Å². The molecule has 2 aliphatic rings. The van der Waals surface area contributed by atoms with Crippen LogP contribution in [0.2, 0.25) is 0 Å². The topological polar surface area (TPSA) is 133 Å². The van der Waals surface area contributed by atoms with Crippen LogP contribution < -0.4 is 10.1 Å². The van der Waals surface area contributed by atoms with Gasteiger partial charge in [-0.05, 0) is 43.4 Å². The number of nitrogens with one attached hydrogen (secondary N) is 1. The quantitative estimate of drug-likeness (QED) is 0.510. The third-order valence-electron chi connectivity index (χ3n) is 6.68. The molecule has 0 radical (unpaired) electrons. The number of likely N-dealkylation sites (tertiary alicyclic amines) is 1. The van der Waals surface area contributed by atoms with E-state index in [9.17, 15) is 10.1 Å². The highest BCUT2D eigenvalue weighted by Gasteiger charge is 2.33. The maximum atomic E-state index is 12.9. The van der Waals surface area contributed by atoms with Gasteiger partial charge in [0.15, 0.2) is 5.75 Å². The van der Waals surface area contributed by atoms with Crippen LogP contribution in [0.4, 0.5) is 11.6 Å². The van der Waals surface area contributed by atoms with Gasteiger partial charge in [0.25, 0.3) is 5.91 Å². The number of benzene rings is 1. The number of carbonyl (C=O) groups is 1. The van der Waals surface area contributed by atoms with Crippen LogP contribution in [-0.2, 0) is 0 Å². The summed E-state index contributed by atoms with van der Waals surface area (Å²) in [5.41, 5.74) is 2.56. The normalized spacial score (nSPS) is 17.8. The number of anilines is 2. The van der Waals surface area contributed by atoms with Crippen molar-refractivity contribution in [1.29, 1.82) is 10.5 Å². The fourth-order valence-corrected chi connectivity index (χ4v) is 4.57. The molecule has 2 aromatic heterocycles. The minimum atomic E-state index is -0.106. The zero-order chi connectivity index (χ0) is 25.1. The van der Waals surface area contributed by atoms with E-state index >= 15 is 0 Å². The number of nitriles is 2. The Hall–Kier alpha value is -4.44. The van der Waals surface area contributed by atoms with Crippen molar-refractivity contribution in [3.05, 3.63) is 48.4 Å². The Kier molecular flexibility index (Phi) is 6.50. The Labute approximate surface area is 209 Å². The summed E-state index contributed by atoms with van der Waals surface area (Å²) in [5.74, 6) is 1.15. The number of carbonyl (C=O) groups excluding carboxylic acids is 1. The standard InChI is InChI=1S/C26H26N8O2/c1-36-23-14-29-26(32-24(23)20-13-30-34(16-20)22(7-9-27)18-5-6-18)31-21-4-2-3-19(11-21)25(35)33-10-8-17(12-28)15-33/h2-4,11,13-14,16-18,22H,5-8,10,15H2,1H3,(H,29,31,32)/t17-,22?/m1/s1. The molecule has 1 N–H and O–H groups in total. The smallest absolute Gasteiger partial charge is 0.253 e. The number of aromatic nitrogens is 4. The largest absolute Gasteiger partial charge is 0.493 e. The summed E-state index contributed by atoms with van der Waals surface area (Å²) >= 11 is 0. The van der Waals surface area contributed by atoms with E-state index in [1.54, 1.807) is 42.6 Å². The molecule has 5 rings (SSSR count). The fraction of sp³-hybridized carbons (Fsp3) is 0.385. The molecule has 1 saturated heterocycles. The predicted molar refractivity (Wildman–Crippen MR) is 131 cm³/mol. The molecule has 3 aromatic rings. The maximum Gasteiger partial charge on any atom is 0.253 e. The van der Waals surface area contributed by atoms with E-state index in [2.05, 4.69) is 32.5 Å². The summed E-state index contributed by atoms with van der Waals surface area (Å²) in [6.45, 7) is 1.05. The average Bonchev–Trinajstić information content (AvgIpc) is 3.42. The Bertz CT molecular complexity index is 1350. The van der Waals surface area contributed by atoms with Crippen LogP contribution in [0, 0.1) is 34.5 Å². The number of rotatable bonds is 8. The van der Waals surface area contributed by atoms with Crippen molar-refractivity contribution in [1.82, 2.24) is 24.6 Å². The Morgan fingerprint density at radius 1 is 1.28 bits per heavy atom. The van der Waals surface area contributed by atoms with E-state index in [1.165, 1.54) is 0 Å². The van der Waals surface area contributed by atoms with Gasteiger partial charge in [-0.15, -0.1) is 0 Å². The summed E-state index contributed by atoms with van der Waals surface area (Å²) < 4.78 is 7.35. The van der Waals surface area contributed by atoms with Crippen LogP contribution in [0.1, 0.15) is 42.1 Å². The number of methoxy groups -OCH3 is 1. The van der Waals surface area contributed by atoms with Crippen LogP contribution in [0.5, 0.6) is 5.75 Å². The SMILES string of the molecule is COc1cnc(Nc2cccc(C(=O)N3CC[C@H](C#N)C3)c2)nc1-c1cnn(C(CC#N)C2CC2)c1. The molecular weight excluding hydrogens is 456 g/mol. The third-order valence-corrected chi connectivity index (χ3v) is 6.68. The minimum Gasteiger partial charge on any atom is -0.493 e. The van der Waals surface area contributed by atoms with Crippen molar-refractivity contribution in [2.24, 2.45) is 11.8 Å². The lowest BCUT2D eigenvalue weighted by molar-refractivity contribution is 0.0790. The van der Waals surface area contributed by atoms with Gasteiger partial charge in [0.1, 0.15) is 5.69 Å². The van der Waals surface area contributed by atoms with Gasteiger partial charge in [-0.3, -0.25) is 9.48 Å². The van der Waals surface area contributed by atoms with Gasteiger partial charge in [0, 0.05) is 36.1 Å². The number of hydrogen-bond donors (Lipinski definition) is 1. The van der Waals surface area contributed by atoms with Crippen molar-refractivity contribution in [2.45, 2.75) is 31.7 Å². The van der Waals surface area contributed by atoms with Crippen molar-refractivity contribution < 1.29 is 9.53 Å². The van der Waals surface area contributed by atoms with Crippen molar-refractivity contribution in [2.75, 3.05) is 25.5 Å². The van der Waals surface area contributed by atoms with Crippen LogP contribution in [0.25, 0.3) is 11.3 Å². The molecule has 1 aliphatic heterocycles. The summed E-state index contributed by atoms with van der Waals surface area (Å²) in [6, 6.07) is 11.7. The first-order chi connectivity index (χ1) is 17.6. The van der Waals surface area contributed by atoms with Crippen molar-refractivity contribution in [3.63, 3.8) is 0 Å². The Morgan fingerprint density at radius 3 is 2.86 bits per heavy atom. The second-order valence-electron chi connectivity index (χ2n) is 9.16. The maximum absolute atomic E-state index is 12.9. The molecule has 10 heteroatoms. The monoisotopic (exact) mass is 482 g/mol. The zero-order valence-electron chi connectivity index (χ0n) is 20.0. The molecule has 1 amide bonds. The predicted octanol–water partition coefficient (Wildman–Crippen LogP) is 3.94. The second kappa shape index (κ2) is 10.0. The number of amides is 1. The summed E-state index contributed by atoms with van der Waals surface area (Å²) in [5, 5.41) is 26.0. The molecular formula is C26H26N8O2. The Balaban J connectivity index is 1.36. The molecule has 2 atom stereocenters. The van der Waals surface area contributed by atoms with Crippen LogP contribution in [-0.4, -0.2) is 50.8 Å². The Morgan fingerprint density at radius 2 is 2.14 bits per heavy atom. The molecule has 10 nitrogen and oxygen atoms in total. The van der Waals surface area contributed by atoms with Crippen LogP contribution in [0.3, 0.4) is 0 Å². The number of hydrogen-bond acceptors (Lipinski definition) is 8. The highest BCUT2D eigenvalue weighted by Crippen LogP contribution is 2.41. The summed E-state index contributed by atoms with van der Waals surface area (Å²) in [7, 11) is 1.56. The molecule has 36 heavy (non-hydrogen) atoms. The van der Waals surface area contributed by atoms with Crippen LogP contribution in [0.15, 0.2) is 42.9 Å². The molecule has 0 bridgehead atoms. The van der Waals surface area contributed by atoms with Crippen LogP contribution >= 0.6 is 0 Å². The van der Waals surface area contributed by atoms with E-state index in [0.29, 0.717) is 60.5 Å². The molecule has 1 unspecified atom stereocenters. The van der Waals surface area contributed by atoms with Gasteiger partial charge in [-0.25, -0.2) is 9.97 Å². The van der Waals surface area contributed by atoms with Gasteiger partial charge >= 0.3 is 0 Å². The minimum absolute atomic E-state index is 0.0634. The van der Waals surface area contributed by atoms with E-state index in [1.807, 2.05) is 16.9 Å². The lowest BCUT2D eigenvalue weighted by Crippen LogP contribution is -2.28. The van der Waals surface area contributed by atoms with E-state index in [4.69, 9.17) is 10.00 Å². The highest BCUT2D eigenvalue weighted by molar-refractivity contribution is 5.95. The van der Waals surface area contributed by atoms with Gasteiger partial charge in [0.05, 0.1) is 50.0 Å². The second-order valence-corrected chi connectivity index (χ2v) is 9.16. The van der Waals surface area contributed by atoms with E-state index < -0.39 is 0 Å². The van der Waals surface area contributed by atoms with E-state index in [-0.39, 0.29) is 17.9 Å². The lowest BCUT2D eigenvalue weighted by Gasteiger charge is -2.16. The van der Waals surface area contributed by atoms with Crippen molar-refractivity contribution in [3.8, 4) is 29.1 Å². The molecule has 182 valence electrons. The molecule has 3 heterocycles. The fourth-order valence-electron chi connectivity index (χ4n) is 4.57. The first-order valence-electron chi connectivity index (χ1n) is 12.0. The first-order valence-corrected chi connectivity index (χ1v) is 12.0. The molecule has 1 aliphatic carbocycles. The molecule has 0 spiro atoms. The average molecular weight is 483 g/mol. The van der Waals surface area contributed by atoms with E-state index in [0.717, 1.165) is 18.4 Å². The summed E-state index contributed by atoms with van der Waals surface area (Å²) in [6.07, 6.45) is 8.58. The number of nitrogens with zero attached hydrogens (tertiary/aromatic N) is 7. The van der Waals surface area contributed by atoms with Gasteiger partial charge in [0.2, 0.25) is 5.95 Å². The van der Waals surface area contributed by atoms with Gasteiger partial charge in [-0.1, -0.05) is 6.07 Å². The lowest BCUT2D eigenvalue weighted by atomic mass is 10.1. The first kappa shape index (κ1) is 23.3. The zero-order valence-corrected chi connectivity index (χ0v) is 20.0. The molecule has 2 fully saturated rings. The molecule has 1 saturated carbocycles. The van der Waals surface area contributed by atoms with Gasteiger partial charge in [-0.2, -0.15) is 15.6 Å². The van der Waals surface area contributed by atoms with Crippen molar-refractivity contribution >= 4 is 17.5 Å². The summed E-state index contributed by atoms with van der Waals surface area (Å²) in [4.78, 5) is 23.6. The highest BCUT2D eigenvalue weighted by atomic mass is 16.5. The molecule has 1 aromatic carbocycles. The number of ether oxygens (including phenoxy) is 1.